The molecule has 3 rings (SSSR count). The molecule has 1 saturated carbocycles. The Morgan fingerprint density at radius 1 is 1.26 bits per heavy atom. The van der Waals surface area contributed by atoms with E-state index in [9.17, 15) is 10.4 Å². The molecule has 2 aliphatic rings. The number of hydrogen-bond donors (Lipinski definition) is 1. The van der Waals surface area contributed by atoms with Crippen LogP contribution in [-0.4, -0.2) is 35.7 Å². The molecule has 0 amide bonds. The molecule has 0 bridgehead atoms. The molecule has 4 unspecified atom stereocenters. The number of aliphatic hydroxyl groups excluding tert-OH is 1. The smallest absolute Gasteiger partial charge is 0.0839 e. The molecule has 1 aromatic carbocycles. The summed E-state index contributed by atoms with van der Waals surface area (Å²) in [6.07, 6.45) is 1.99. The van der Waals surface area contributed by atoms with E-state index in [4.69, 9.17) is 0 Å². The molecule has 2 fully saturated rings. The Bertz CT molecular complexity index is 467. The zero-order chi connectivity index (χ0) is 13.2. The summed E-state index contributed by atoms with van der Waals surface area (Å²) in [6, 6.07) is 12.4. The van der Waals surface area contributed by atoms with Crippen LogP contribution in [0.2, 0.25) is 0 Å². The Kier molecular flexibility index (Phi) is 3.54. The van der Waals surface area contributed by atoms with Crippen LogP contribution in [0.15, 0.2) is 30.3 Å². The lowest BCUT2D eigenvalue weighted by molar-refractivity contribution is 0.124. The maximum absolute atomic E-state index is 9.93. The Hall–Kier alpha value is -1.37. The number of benzene rings is 1. The highest BCUT2D eigenvalue weighted by Crippen LogP contribution is 2.38. The molecule has 0 spiro atoms. The molecule has 1 aliphatic heterocycles. The monoisotopic (exact) mass is 256 g/mol. The second-order valence-electron chi connectivity index (χ2n) is 5.88. The van der Waals surface area contributed by atoms with Gasteiger partial charge < -0.3 is 10.0 Å². The zero-order valence-electron chi connectivity index (χ0n) is 11.1. The number of likely N-dealkylation sites (tertiary alicyclic amines) is 1. The fourth-order valence-corrected chi connectivity index (χ4v) is 3.64. The first kappa shape index (κ1) is 12.7. The molecule has 1 N–H and O–H groups in total. The summed E-state index contributed by atoms with van der Waals surface area (Å²) in [7, 11) is 0. The van der Waals surface area contributed by atoms with Gasteiger partial charge in [-0.25, -0.2) is 0 Å². The summed E-state index contributed by atoms with van der Waals surface area (Å²) in [6.45, 7) is 2.80. The van der Waals surface area contributed by atoms with Gasteiger partial charge in [-0.1, -0.05) is 30.3 Å². The van der Waals surface area contributed by atoms with Crippen LogP contribution in [0.25, 0.3) is 0 Å². The van der Waals surface area contributed by atoms with Crippen molar-refractivity contribution in [2.45, 2.75) is 24.9 Å². The summed E-state index contributed by atoms with van der Waals surface area (Å²) < 4.78 is 0. The van der Waals surface area contributed by atoms with Gasteiger partial charge in [0.15, 0.2) is 0 Å². The second-order valence-corrected chi connectivity index (χ2v) is 5.88. The lowest BCUT2D eigenvalue weighted by Crippen LogP contribution is -2.28. The van der Waals surface area contributed by atoms with E-state index in [1.165, 1.54) is 0 Å². The quantitative estimate of drug-likeness (QED) is 0.899. The first-order valence-electron chi connectivity index (χ1n) is 7.13. The minimum Gasteiger partial charge on any atom is -0.393 e. The van der Waals surface area contributed by atoms with Crippen LogP contribution in [0.1, 0.15) is 24.3 Å². The van der Waals surface area contributed by atoms with Crippen molar-refractivity contribution in [1.29, 1.82) is 5.26 Å². The average Bonchev–Trinajstić information content (AvgIpc) is 2.99. The molecular weight excluding hydrogens is 236 g/mol. The van der Waals surface area contributed by atoms with E-state index in [-0.39, 0.29) is 12.0 Å². The fourth-order valence-electron chi connectivity index (χ4n) is 3.64. The molecule has 3 heteroatoms. The van der Waals surface area contributed by atoms with Crippen molar-refractivity contribution in [3.63, 3.8) is 0 Å². The molecule has 1 heterocycles. The normalized spacial score (nSPS) is 31.9. The average molecular weight is 256 g/mol. The van der Waals surface area contributed by atoms with Crippen LogP contribution in [0, 0.1) is 23.2 Å². The highest BCUT2D eigenvalue weighted by atomic mass is 16.3. The van der Waals surface area contributed by atoms with Crippen LogP contribution >= 0.6 is 0 Å². The third-order valence-electron chi connectivity index (χ3n) is 4.69. The maximum atomic E-state index is 9.93. The predicted molar refractivity (Wildman–Crippen MR) is 73.5 cm³/mol. The Labute approximate surface area is 114 Å². The molecule has 1 aliphatic carbocycles. The summed E-state index contributed by atoms with van der Waals surface area (Å²) in [5.74, 6) is 1.03. The van der Waals surface area contributed by atoms with Gasteiger partial charge in [-0.05, 0) is 24.3 Å². The van der Waals surface area contributed by atoms with Crippen LogP contribution < -0.4 is 0 Å². The highest BCUT2D eigenvalue weighted by molar-refractivity contribution is 5.25. The van der Waals surface area contributed by atoms with Gasteiger partial charge in [0.1, 0.15) is 0 Å². The fraction of sp³-hybridized carbons (Fsp3) is 0.562. The van der Waals surface area contributed by atoms with E-state index in [1.807, 2.05) is 30.3 Å². The molecule has 4 atom stereocenters. The van der Waals surface area contributed by atoms with Crippen molar-refractivity contribution in [3.8, 4) is 6.07 Å². The molecule has 0 radical (unpaired) electrons. The standard InChI is InChI=1S/C16H20N2O/c17-8-14(12-4-2-1-3-5-12)10-18-9-13-6-7-16(19)15(13)11-18/h1-5,13-16,19H,6-7,9-11H2. The topological polar surface area (TPSA) is 47.3 Å². The van der Waals surface area contributed by atoms with E-state index in [0.717, 1.165) is 38.0 Å². The van der Waals surface area contributed by atoms with E-state index in [1.54, 1.807) is 0 Å². The van der Waals surface area contributed by atoms with E-state index >= 15 is 0 Å². The van der Waals surface area contributed by atoms with Crippen LogP contribution in [-0.2, 0) is 0 Å². The molecule has 100 valence electrons. The van der Waals surface area contributed by atoms with Crippen molar-refractivity contribution in [2.75, 3.05) is 19.6 Å². The van der Waals surface area contributed by atoms with Crippen LogP contribution in [0.3, 0.4) is 0 Å². The molecule has 3 nitrogen and oxygen atoms in total. The van der Waals surface area contributed by atoms with Gasteiger partial charge >= 0.3 is 0 Å². The third-order valence-corrected chi connectivity index (χ3v) is 4.69. The van der Waals surface area contributed by atoms with Gasteiger partial charge in [0, 0.05) is 25.6 Å². The molecule has 1 aromatic rings. The van der Waals surface area contributed by atoms with Crippen molar-refractivity contribution < 1.29 is 5.11 Å². The molecule has 19 heavy (non-hydrogen) atoms. The van der Waals surface area contributed by atoms with Gasteiger partial charge in [0.25, 0.3) is 0 Å². The van der Waals surface area contributed by atoms with Gasteiger partial charge in [-0.15, -0.1) is 0 Å². The first-order chi connectivity index (χ1) is 9.28. The highest BCUT2D eigenvalue weighted by Gasteiger charge is 2.42. The van der Waals surface area contributed by atoms with Crippen molar-refractivity contribution in [1.82, 2.24) is 4.90 Å². The summed E-state index contributed by atoms with van der Waals surface area (Å²) in [5.41, 5.74) is 1.10. The lowest BCUT2D eigenvalue weighted by Gasteiger charge is -2.21. The predicted octanol–water partition coefficient (Wildman–Crippen LogP) is 2.00. The van der Waals surface area contributed by atoms with Gasteiger partial charge in [0.05, 0.1) is 18.1 Å². The van der Waals surface area contributed by atoms with E-state index in [0.29, 0.717) is 11.8 Å². The van der Waals surface area contributed by atoms with E-state index in [2.05, 4.69) is 11.0 Å². The number of hydrogen-bond acceptors (Lipinski definition) is 3. The number of nitriles is 1. The summed E-state index contributed by atoms with van der Waals surface area (Å²) >= 11 is 0. The minimum absolute atomic E-state index is 0.0582. The van der Waals surface area contributed by atoms with Crippen LogP contribution in [0.4, 0.5) is 0 Å². The Morgan fingerprint density at radius 2 is 2.05 bits per heavy atom. The SMILES string of the molecule is N#CC(CN1CC2CCC(O)C2C1)c1ccccc1. The van der Waals surface area contributed by atoms with Crippen molar-refractivity contribution >= 4 is 0 Å². The van der Waals surface area contributed by atoms with Crippen LogP contribution in [0.5, 0.6) is 0 Å². The largest absolute Gasteiger partial charge is 0.393 e. The molecular formula is C16H20N2O. The summed E-state index contributed by atoms with van der Waals surface area (Å²) in [4.78, 5) is 2.36. The van der Waals surface area contributed by atoms with E-state index < -0.39 is 0 Å². The second kappa shape index (κ2) is 5.32. The summed E-state index contributed by atoms with van der Waals surface area (Å²) in [5, 5.41) is 19.3. The molecule has 1 saturated heterocycles. The Balaban J connectivity index is 1.64. The number of nitrogens with zero attached hydrogens (tertiary/aromatic N) is 2. The first-order valence-corrected chi connectivity index (χ1v) is 7.13. The lowest BCUT2D eigenvalue weighted by atomic mass is 9.99. The van der Waals surface area contributed by atoms with Crippen molar-refractivity contribution in [3.05, 3.63) is 35.9 Å². The molecule has 0 aromatic heterocycles. The zero-order valence-corrected chi connectivity index (χ0v) is 11.1. The minimum atomic E-state index is -0.118. The third kappa shape index (κ3) is 2.51. The maximum Gasteiger partial charge on any atom is 0.0839 e. The number of fused-ring (bicyclic) bond motifs is 1. The number of aliphatic hydroxyl groups is 1. The Morgan fingerprint density at radius 3 is 2.74 bits per heavy atom. The number of rotatable bonds is 3. The van der Waals surface area contributed by atoms with Crippen molar-refractivity contribution in [2.24, 2.45) is 11.8 Å². The van der Waals surface area contributed by atoms with Gasteiger partial charge in [0.2, 0.25) is 0 Å². The van der Waals surface area contributed by atoms with Gasteiger partial charge in [-0.3, -0.25) is 0 Å². The van der Waals surface area contributed by atoms with Gasteiger partial charge in [-0.2, -0.15) is 5.26 Å².